The van der Waals surface area contributed by atoms with E-state index < -0.39 is 17.2 Å². The Hall–Kier alpha value is -3.28. The van der Waals surface area contributed by atoms with Gasteiger partial charge in [-0.3, -0.25) is 19.8 Å². The second kappa shape index (κ2) is 6.87. The molecule has 1 saturated carbocycles. The number of anilines is 3. The molecule has 12 heteroatoms. The lowest BCUT2D eigenvalue weighted by molar-refractivity contribution is -0.138. The van der Waals surface area contributed by atoms with Gasteiger partial charge in [0.05, 0.1) is 17.5 Å². The summed E-state index contributed by atoms with van der Waals surface area (Å²) in [4.78, 5) is 38.9. The van der Waals surface area contributed by atoms with Gasteiger partial charge in [0.1, 0.15) is 0 Å². The van der Waals surface area contributed by atoms with Gasteiger partial charge >= 0.3 is 12.2 Å². The van der Waals surface area contributed by atoms with E-state index in [1.165, 1.54) is 29.2 Å². The first kappa shape index (κ1) is 19.7. The molecule has 4 amide bonds. The van der Waals surface area contributed by atoms with Crippen molar-refractivity contribution >= 4 is 45.7 Å². The van der Waals surface area contributed by atoms with Crippen molar-refractivity contribution in [2.75, 3.05) is 15.5 Å². The van der Waals surface area contributed by atoms with Crippen LogP contribution in [0.3, 0.4) is 0 Å². The smallest absolute Gasteiger partial charge is 0.308 e. The second-order valence-corrected chi connectivity index (χ2v) is 8.53. The van der Waals surface area contributed by atoms with Crippen LogP contribution in [0.1, 0.15) is 11.4 Å². The predicted octanol–water partition coefficient (Wildman–Crippen LogP) is 3.51. The fourth-order valence-corrected chi connectivity index (χ4v) is 5.10. The Morgan fingerprint density at radius 3 is 2.16 bits per heavy atom. The third kappa shape index (κ3) is 3.26. The molecule has 1 aromatic heterocycles. The van der Waals surface area contributed by atoms with Crippen molar-refractivity contribution in [2.45, 2.75) is 12.6 Å². The first-order chi connectivity index (χ1) is 14.7. The number of aromatic nitrogens is 2. The number of nitrogens with one attached hydrogen (secondary N) is 2. The largest absolute Gasteiger partial charge is 0.445 e. The van der Waals surface area contributed by atoms with Gasteiger partial charge in [-0.15, -0.1) is 10.2 Å². The minimum Gasteiger partial charge on any atom is -0.308 e. The van der Waals surface area contributed by atoms with Crippen LogP contribution >= 0.6 is 11.3 Å². The molecule has 0 radical (unpaired) electrons. The monoisotopic (exact) mass is 449 g/mol. The van der Waals surface area contributed by atoms with Crippen LogP contribution in [0.15, 0.2) is 36.4 Å². The number of urea groups is 1. The molecule has 2 aromatic rings. The quantitative estimate of drug-likeness (QED) is 0.551. The first-order valence-electron chi connectivity index (χ1n) is 9.37. The lowest BCUT2D eigenvalue weighted by Gasteiger charge is -2.17. The fraction of sp³-hybridized carbons (Fsp3) is 0.316. The van der Waals surface area contributed by atoms with Gasteiger partial charge in [0.15, 0.2) is 0 Å². The topological polar surface area (TPSA) is 104 Å². The molecule has 31 heavy (non-hydrogen) atoms. The number of amides is 4. The van der Waals surface area contributed by atoms with E-state index in [1.54, 1.807) is 0 Å². The van der Waals surface area contributed by atoms with Crippen LogP contribution < -0.4 is 15.5 Å². The summed E-state index contributed by atoms with van der Waals surface area (Å²) in [5.74, 6) is -0.804. The molecule has 0 spiro atoms. The Balaban J connectivity index is 1.25. The first-order valence-corrected chi connectivity index (χ1v) is 10.2. The Kier molecular flexibility index (Phi) is 4.36. The van der Waals surface area contributed by atoms with Crippen molar-refractivity contribution in [1.82, 2.24) is 10.2 Å². The number of carbonyl (C=O) groups is 3. The van der Waals surface area contributed by atoms with Gasteiger partial charge in [0, 0.05) is 5.69 Å². The van der Waals surface area contributed by atoms with Gasteiger partial charge in [-0.05, 0) is 42.5 Å². The zero-order chi connectivity index (χ0) is 21.9. The van der Waals surface area contributed by atoms with E-state index in [-0.39, 0.29) is 52.0 Å². The third-order valence-electron chi connectivity index (χ3n) is 5.74. The molecule has 160 valence electrons. The molecule has 2 fully saturated rings. The lowest BCUT2D eigenvalue weighted by Crippen LogP contribution is -2.32. The highest BCUT2D eigenvalue weighted by Crippen LogP contribution is 2.53. The number of allylic oxidation sites excluding steroid dienone is 2. The van der Waals surface area contributed by atoms with Crippen LogP contribution in [0.4, 0.5) is 34.5 Å². The molecular weight excluding hydrogens is 435 g/mol. The highest BCUT2D eigenvalue weighted by atomic mass is 32.1. The van der Waals surface area contributed by atoms with Crippen molar-refractivity contribution in [2.24, 2.45) is 23.7 Å². The standard InChI is InChI=1S/C19H14F3N5O3S/c20-19(21,22)16-25-26-18(31-16)24-17(30)23-10-3-5-11(6-4-10)27-14(28)12-8-1-2-9(7-8)13(12)15(27)29/h1-6,8-9,12-13H,7H2,(H2,23,24,26,30)/t8-,9-,12-,13+/m0/s1. The van der Waals surface area contributed by atoms with E-state index in [1.807, 2.05) is 12.2 Å². The Bertz CT molecular complexity index is 1080. The van der Waals surface area contributed by atoms with Crippen molar-refractivity contribution in [1.29, 1.82) is 0 Å². The van der Waals surface area contributed by atoms with Crippen molar-refractivity contribution in [3.05, 3.63) is 41.4 Å². The predicted molar refractivity (Wildman–Crippen MR) is 104 cm³/mol. The van der Waals surface area contributed by atoms with E-state index >= 15 is 0 Å². The van der Waals surface area contributed by atoms with Crippen LogP contribution in [0.5, 0.6) is 0 Å². The molecule has 1 aromatic carbocycles. The molecule has 5 rings (SSSR count). The summed E-state index contributed by atoms with van der Waals surface area (Å²) in [7, 11) is 0. The van der Waals surface area contributed by atoms with Crippen molar-refractivity contribution in [3.8, 4) is 0 Å². The molecule has 4 atom stereocenters. The molecule has 8 nitrogen and oxygen atoms in total. The van der Waals surface area contributed by atoms with Gasteiger partial charge in [-0.1, -0.05) is 23.5 Å². The van der Waals surface area contributed by atoms with Crippen LogP contribution in [-0.2, 0) is 15.8 Å². The summed E-state index contributed by atoms with van der Waals surface area (Å²) < 4.78 is 37.7. The maximum atomic E-state index is 12.8. The van der Waals surface area contributed by atoms with Crippen LogP contribution in [0, 0.1) is 23.7 Å². The van der Waals surface area contributed by atoms with E-state index in [0.29, 0.717) is 11.4 Å². The van der Waals surface area contributed by atoms with E-state index in [0.717, 1.165) is 6.42 Å². The number of benzene rings is 1. The number of fused-ring (bicyclic) bond motifs is 5. The summed E-state index contributed by atoms with van der Waals surface area (Å²) in [5, 5.41) is 9.43. The average Bonchev–Trinajstić information content (AvgIpc) is 3.47. The lowest BCUT2D eigenvalue weighted by atomic mass is 9.85. The average molecular weight is 449 g/mol. The zero-order valence-corrected chi connectivity index (χ0v) is 16.4. The van der Waals surface area contributed by atoms with Crippen LogP contribution in [0.25, 0.3) is 0 Å². The molecule has 2 bridgehead atoms. The number of halogens is 3. The molecule has 2 heterocycles. The SMILES string of the molecule is O=C(Nc1ccc(N2C(=O)[C@@H]3[C@H](C2=O)[C@H]2C=C[C@H]3C2)cc1)Nc1nnc(C(F)(F)F)s1. The molecule has 2 N–H and O–H groups in total. The maximum absolute atomic E-state index is 12.8. The normalized spacial score (nSPS) is 26.5. The van der Waals surface area contributed by atoms with Crippen LogP contribution in [-0.4, -0.2) is 28.0 Å². The minimum atomic E-state index is -4.64. The van der Waals surface area contributed by atoms with E-state index in [9.17, 15) is 27.6 Å². The number of hydrogen-bond donors (Lipinski definition) is 2. The van der Waals surface area contributed by atoms with Crippen molar-refractivity contribution in [3.63, 3.8) is 0 Å². The number of alkyl halides is 3. The highest BCUT2D eigenvalue weighted by Gasteiger charge is 2.59. The molecule has 2 aliphatic carbocycles. The molecular formula is C19H14F3N5O3S. The minimum absolute atomic E-state index is 0.110. The maximum Gasteiger partial charge on any atom is 0.445 e. The zero-order valence-electron chi connectivity index (χ0n) is 15.6. The molecule has 0 unspecified atom stereocenters. The van der Waals surface area contributed by atoms with Gasteiger partial charge in [-0.25, -0.2) is 4.79 Å². The summed E-state index contributed by atoms with van der Waals surface area (Å²) in [5.41, 5.74) is 0.733. The number of carbonyl (C=O) groups excluding carboxylic acids is 3. The van der Waals surface area contributed by atoms with E-state index in [2.05, 4.69) is 20.8 Å². The van der Waals surface area contributed by atoms with Gasteiger partial charge in [-0.2, -0.15) is 13.2 Å². The summed E-state index contributed by atoms with van der Waals surface area (Å²) in [6.45, 7) is 0. The van der Waals surface area contributed by atoms with E-state index in [4.69, 9.17) is 0 Å². The highest BCUT2D eigenvalue weighted by molar-refractivity contribution is 7.15. The molecule has 1 saturated heterocycles. The summed E-state index contributed by atoms with van der Waals surface area (Å²) in [6, 6.07) is 5.27. The van der Waals surface area contributed by atoms with Gasteiger partial charge < -0.3 is 5.32 Å². The number of hydrogen-bond acceptors (Lipinski definition) is 6. The Labute approximate surface area is 177 Å². The van der Waals surface area contributed by atoms with Crippen molar-refractivity contribution < 1.29 is 27.6 Å². The fourth-order valence-electron chi connectivity index (χ4n) is 4.50. The Morgan fingerprint density at radius 2 is 1.61 bits per heavy atom. The van der Waals surface area contributed by atoms with Crippen LogP contribution in [0.2, 0.25) is 0 Å². The summed E-state index contributed by atoms with van der Waals surface area (Å²) in [6.07, 6.45) is 0.240. The summed E-state index contributed by atoms with van der Waals surface area (Å²) >= 11 is 0.206. The van der Waals surface area contributed by atoms with Gasteiger partial charge in [0.2, 0.25) is 22.0 Å². The molecule has 3 aliphatic rings. The number of rotatable bonds is 3. The Morgan fingerprint density at radius 1 is 1.00 bits per heavy atom. The van der Waals surface area contributed by atoms with Gasteiger partial charge in [0.25, 0.3) is 0 Å². The third-order valence-corrected chi connectivity index (χ3v) is 6.63. The molecule has 1 aliphatic heterocycles. The number of imide groups is 1. The number of nitrogens with zero attached hydrogens (tertiary/aromatic N) is 3. The second-order valence-electron chi connectivity index (χ2n) is 7.55.